The van der Waals surface area contributed by atoms with E-state index >= 15 is 0 Å². The van der Waals surface area contributed by atoms with E-state index in [0.29, 0.717) is 48.1 Å². The summed E-state index contributed by atoms with van der Waals surface area (Å²) in [4.78, 5) is 12.5. The smallest absolute Gasteiger partial charge is 0.223 e. The molecule has 0 aliphatic carbocycles. The Morgan fingerprint density at radius 3 is 2.50 bits per heavy atom. The van der Waals surface area contributed by atoms with Crippen molar-refractivity contribution in [3.63, 3.8) is 0 Å². The largest absolute Gasteiger partial charge is 0.496 e. The van der Waals surface area contributed by atoms with Crippen molar-refractivity contribution >= 4 is 39.1 Å². The summed E-state index contributed by atoms with van der Waals surface area (Å²) in [5, 5.41) is 3.65. The molecule has 0 aromatic heterocycles. The maximum Gasteiger partial charge on any atom is 0.223 e. The lowest BCUT2D eigenvalue weighted by atomic mass is 9.97. The van der Waals surface area contributed by atoms with E-state index in [2.05, 4.69) is 5.32 Å². The summed E-state index contributed by atoms with van der Waals surface area (Å²) in [7, 11) is -1.90. The van der Waals surface area contributed by atoms with Gasteiger partial charge in [0.2, 0.25) is 15.9 Å². The Balaban J connectivity index is 1.53. The molecule has 0 bridgehead atoms. The third-order valence-corrected chi connectivity index (χ3v) is 7.79. The molecule has 0 spiro atoms. The quantitative estimate of drug-likeness (QED) is 0.666. The number of nitrogens with zero attached hydrogens (tertiary/aromatic N) is 1. The van der Waals surface area contributed by atoms with E-state index in [1.807, 2.05) is 24.3 Å². The Bertz CT molecular complexity index is 1010. The zero-order valence-electron chi connectivity index (χ0n) is 16.6. The number of rotatable bonds is 7. The summed E-state index contributed by atoms with van der Waals surface area (Å²) in [6.07, 6.45) is 0.969. The number of piperidine rings is 1. The first kappa shape index (κ1) is 22.9. The number of ether oxygens (including phenoxy) is 1. The van der Waals surface area contributed by atoms with E-state index in [1.54, 1.807) is 25.3 Å². The molecule has 1 N–H and O–H groups in total. The zero-order valence-corrected chi connectivity index (χ0v) is 18.9. The van der Waals surface area contributed by atoms with Gasteiger partial charge in [0.15, 0.2) is 0 Å². The van der Waals surface area contributed by atoms with Gasteiger partial charge in [-0.2, -0.15) is 0 Å². The highest BCUT2D eigenvalue weighted by atomic mass is 35.5. The van der Waals surface area contributed by atoms with E-state index in [0.717, 1.165) is 11.3 Å². The van der Waals surface area contributed by atoms with Gasteiger partial charge in [0, 0.05) is 31.1 Å². The van der Waals surface area contributed by atoms with Crippen LogP contribution < -0.4 is 10.1 Å². The molecular formula is C21H24Cl2N2O4S. The monoisotopic (exact) mass is 470 g/mol. The lowest BCUT2D eigenvalue weighted by Gasteiger charge is -2.30. The number of benzene rings is 2. The van der Waals surface area contributed by atoms with Crippen LogP contribution in [0.15, 0.2) is 42.5 Å². The van der Waals surface area contributed by atoms with Crippen LogP contribution in [0.25, 0.3) is 0 Å². The van der Waals surface area contributed by atoms with Crippen molar-refractivity contribution in [3.05, 3.63) is 63.6 Å². The minimum atomic E-state index is -3.50. The molecule has 1 aliphatic heterocycles. The molecule has 1 aliphatic rings. The molecular weight excluding hydrogens is 447 g/mol. The fraction of sp³-hybridized carbons (Fsp3) is 0.381. The standard InChI is InChI=1S/C21H24Cl2N2O4S/c1-29-20-5-3-2-4-17(20)13-24-21(26)16-8-10-25(11-9-16)30(27,28)14-15-6-7-18(22)19(23)12-15/h2-7,12,16H,8-11,13-14H2,1H3,(H,24,26). The van der Waals surface area contributed by atoms with E-state index in [9.17, 15) is 13.2 Å². The SMILES string of the molecule is COc1ccccc1CNC(=O)C1CCN(S(=O)(=O)Cc2ccc(Cl)c(Cl)c2)CC1. The maximum atomic E-state index is 12.7. The van der Waals surface area contributed by atoms with Crippen LogP contribution in [0.4, 0.5) is 0 Å². The average Bonchev–Trinajstić information content (AvgIpc) is 2.74. The number of methoxy groups -OCH3 is 1. The van der Waals surface area contributed by atoms with E-state index in [-0.39, 0.29) is 17.6 Å². The number of amides is 1. The van der Waals surface area contributed by atoms with Crippen LogP contribution in [-0.4, -0.2) is 38.8 Å². The van der Waals surface area contributed by atoms with Gasteiger partial charge in [-0.05, 0) is 36.6 Å². The van der Waals surface area contributed by atoms with Crippen LogP contribution in [0.2, 0.25) is 10.0 Å². The second-order valence-corrected chi connectivity index (χ2v) is 9.99. The molecule has 2 aromatic carbocycles. The van der Waals surface area contributed by atoms with Gasteiger partial charge >= 0.3 is 0 Å². The lowest BCUT2D eigenvalue weighted by Crippen LogP contribution is -2.43. The number of carbonyl (C=O) groups is 1. The molecule has 2 aromatic rings. The molecule has 0 saturated carbocycles. The molecule has 162 valence electrons. The first-order valence-electron chi connectivity index (χ1n) is 9.61. The summed E-state index contributed by atoms with van der Waals surface area (Å²) in [6.45, 7) is 1.01. The number of hydrogen-bond donors (Lipinski definition) is 1. The summed E-state index contributed by atoms with van der Waals surface area (Å²) < 4.78 is 32.2. The van der Waals surface area contributed by atoms with Gasteiger partial charge in [0.1, 0.15) is 5.75 Å². The second kappa shape index (κ2) is 10.0. The van der Waals surface area contributed by atoms with Gasteiger partial charge < -0.3 is 10.1 Å². The Morgan fingerprint density at radius 2 is 1.83 bits per heavy atom. The van der Waals surface area contributed by atoms with Crippen molar-refractivity contribution in [3.8, 4) is 5.75 Å². The van der Waals surface area contributed by atoms with Crippen LogP contribution in [0.5, 0.6) is 5.75 Å². The number of para-hydroxylation sites is 1. The minimum absolute atomic E-state index is 0.0672. The van der Waals surface area contributed by atoms with Crippen molar-refractivity contribution in [2.75, 3.05) is 20.2 Å². The fourth-order valence-electron chi connectivity index (χ4n) is 3.50. The molecule has 6 nitrogen and oxygen atoms in total. The highest BCUT2D eigenvalue weighted by Gasteiger charge is 2.31. The highest BCUT2D eigenvalue weighted by molar-refractivity contribution is 7.88. The molecule has 1 amide bonds. The summed E-state index contributed by atoms with van der Waals surface area (Å²) >= 11 is 11.9. The van der Waals surface area contributed by atoms with Crippen LogP contribution >= 0.6 is 23.2 Å². The topological polar surface area (TPSA) is 75.7 Å². The number of nitrogens with one attached hydrogen (secondary N) is 1. The first-order chi connectivity index (χ1) is 14.3. The Labute approximate surface area is 187 Å². The molecule has 3 rings (SSSR count). The van der Waals surface area contributed by atoms with Crippen molar-refractivity contribution in [2.45, 2.75) is 25.1 Å². The molecule has 0 unspecified atom stereocenters. The van der Waals surface area contributed by atoms with Crippen LogP contribution in [0, 0.1) is 5.92 Å². The predicted molar refractivity (Wildman–Crippen MR) is 118 cm³/mol. The molecule has 0 atom stereocenters. The average molecular weight is 471 g/mol. The van der Waals surface area contributed by atoms with E-state index in [4.69, 9.17) is 27.9 Å². The Hall–Kier alpha value is -1.80. The molecule has 1 saturated heterocycles. The maximum absolute atomic E-state index is 12.7. The van der Waals surface area contributed by atoms with Crippen molar-refractivity contribution in [2.24, 2.45) is 5.92 Å². The number of halogens is 2. The molecule has 1 heterocycles. The van der Waals surface area contributed by atoms with E-state index in [1.165, 1.54) is 4.31 Å². The third kappa shape index (κ3) is 5.66. The number of sulfonamides is 1. The van der Waals surface area contributed by atoms with Crippen LogP contribution in [-0.2, 0) is 27.1 Å². The predicted octanol–water partition coefficient (Wildman–Crippen LogP) is 3.86. The lowest BCUT2D eigenvalue weighted by molar-refractivity contribution is -0.126. The van der Waals surface area contributed by atoms with Gasteiger partial charge in [0.05, 0.1) is 22.9 Å². The third-order valence-electron chi connectivity index (χ3n) is 5.20. The molecule has 0 radical (unpaired) electrons. The van der Waals surface area contributed by atoms with Gasteiger partial charge in [0.25, 0.3) is 0 Å². The molecule has 1 fully saturated rings. The minimum Gasteiger partial charge on any atom is -0.496 e. The summed E-state index contributed by atoms with van der Waals surface area (Å²) in [5.74, 6) is 0.300. The van der Waals surface area contributed by atoms with Crippen molar-refractivity contribution < 1.29 is 17.9 Å². The first-order valence-corrected chi connectivity index (χ1v) is 12.0. The van der Waals surface area contributed by atoms with E-state index < -0.39 is 10.0 Å². The Kier molecular flexibility index (Phi) is 7.63. The van der Waals surface area contributed by atoms with Crippen LogP contribution in [0.1, 0.15) is 24.0 Å². The van der Waals surface area contributed by atoms with Gasteiger partial charge in [-0.15, -0.1) is 0 Å². The number of carbonyl (C=O) groups excluding carboxylic acids is 1. The normalized spacial score (nSPS) is 15.7. The fourth-order valence-corrected chi connectivity index (χ4v) is 5.37. The molecule has 9 heteroatoms. The van der Waals surface area contributed by atoms with Gasteiger partial charge in [-0.25, -0.2) is 12.7 Å². The summed E-state index contributed by atoms with van der Waals surface area (Å²) in [6, 6.07) is 12.3. The highest BCUT2D eigenvalue weighted by Crippen LogP contribution is 2.26. The zero-order chi connectivity index (χ0) is 21.7. The van der Waals surface area contributed by atoms with Crippen molar-refractivity contribution in [1.82, 2.24) is 9.62 Å². The van der Waals surface area contributed by atoms with Gasteiger partial charge in [-0.3, -0.25) is 4.79 Å². The Morgan fingerprint density at radius 1 is 1.13 bits per heavy atom. The number of hydrogen-bond acceptors (Lipinski definition) is 4. The van der Waals surface area contributed by atoms with Crippen molar-refractivity contribution in [1.29, 1.82) is 0 Å². The summed E-state index contributed by atoms with van der Waals surface area (Å²) in [5.41, 5.74) is 1.48. The van der Waals surface area contributed by atoms with Crippen LogP contribution in [0.3, 0.4) is 0 Å². The van der Waals surface area contributed by atoms with Gasteiger partial charge in [-0.1, -0.05) is 47.5 Å². The molecule has 30 heavy (non-hydrogen) atoms. The second-order valence-electron chi connectivity index (χ2n) is 7.21.